The summed E-state index contributed by atoms with van der Waals surface area (Å²) < 4.78 is 0. The van der Waals surface area contributed by atoms with Gasteiger partial charge < -0.3 is 5.11 Å². The maximum absolute atomic E-state index is 10.0. The minimum Gasteiger partial charge on any atom is -0.507 e. The molecule has 0 saturated carbocycles. The molecule has 0 aliphatic carbocycles. The van der Waals surface area contributed by atoms with Crippen LogP contribution in [0.1, 0.15) is 11.1 Å². The molecule has 2 N–H and O–H groups in total. The summed E-state index contributed by atoms with van der Waals surface area (Å²) in [7, 11) is 0. The van der Waals surface area contributed by atoms with Crippen LogP contribution in [0, 0.1) is 6.92 Å². The smallest absolute Gasteiger partial charge is 0.203 e. The predicted octanol–water partition coefficient (Wildman–Crippen LogP) is 4.27. The van der Waals surface area contributed by atoms with E-state index in [4.69, 9.17) is 0 Å². The second-order valence-corrected chi connectivity index (χ2v) is 5.86. The molecule has 0 spiro atoms. The molecule has 3 rings (SSSR count). The van der Waals surface area contributed by atoms with Crippen molar-refractivity contribution < 1.29 is 5.11 Å². The molecule has 5 heteroatoms. The third-order valence-corrected chi connectivity index (χ3v) is 4.03. The lowest BCUT2D eigenvalue weighted by Gasteiger charge is -2.01. The first-order valence-electron chi connectivity index (χ1n) is 6.82. The molecular formula is C17H15N3OS. The van der Waals surface area contributed by atoms with E-state index in [0.717, 1.165) is 21.6 Å². The van der Waals surface area contributed by atoms with Crippen molar-refractivity contribution in [1.82, 2.24) is 4.98 Å². The summed E-state index contributed by atoms with van der Waals surface area (Å²) in [5.41, 5.74) is 5.73. The lowest BCUT2D eigenvalue weighted by molar-refractivity contribution is 0.477. The first-order chi connectivity index (χ1) is 10.7. The van der Waals surface area contributed by atoms with Crippen molar-refractivity contribution >= 4 is 22.7 Å². The Morgan fingerprint density at radius 2 is 2.00 bits per heavy atom. The van der Waals surface area contributed by atoms with Crippen LogP contribution < -0.4 is 5.43 Å². The number of phenols is 1. The molecule has 0 atom stereocenters. The molecule has 0 amide bonds. The van der Waals surface area contributed by atoms with E-state index in [9.17, 15) is 5.11 Å². The summed E-state index contributed by atoms with van der Waals surface area (Å²) in [6, 6.07) is 15.4. The van der Waals surface area contributed by atoms with E-state index in [2.05, 4.69) is 15.5 Å². The molecule has 0 unspecified atom stereocenters. The third kappa shape index (κ3) is 3.32. The number of benzene rings is 2. The highest BCUT2D eigenvalue weighted by Crippen LogP contribution is 2.35. The summed E-state index contributed by atoms with van der Waals surface area (Å²) in [6.07, 6.45) is 3.47. The minimum absolute atomic E-state index is 0.267. The van der Waals surface area contributed by atoms with Gasteiger partial charge in [-0.3, -0.25) is 5.43 Å². The summed E-state index contributed by atoms with van der Waals surface area (Å²) in [4.78, 5) is 5.17. The van der Waals surface area contributed by atoms with Crippen molar-refractivity contribution in [3.8, 4) is 16.2 Å². The van der Waals surface area contributed by atoms with E-state index in [1.54, 1.807) is 18.5 Å². The molecule has 0 saturated heterocycles. The number of anilines is 1. The van der Waals surface area contributed by atoms with Gasteiger partial charge in [0.15, 0.2) is 0 Å². The maximum atomic E-state index is 10.0. The fraction of sp³-hybridized carbons (Fsp3) is 0.0588. The Labute approximate surface area is 132 Å². The van der Waals surface area contributed by atoms with Crippen LogP contribution in [0.15, 0.2) is 59.8 Å². The van der Waals surface area contributed by atoms with Gasteiger partial charge in [-0.25, -0.2) is 4.98 Å². The van der Waals surface area contributed by atoms with Crippen molar-refractivity contribution in [3.05, 3.63) is 65.9 Å². The van der Waals surface area contributed by atoms with Crippen molar-refractivity contribution in [2.75, 3.05) is 5.43 Å². The van der Waals surface area contributed by atoms with Crippen LogP contribution in [0.25, 0.3) is 10.4 Å². The predicted molar refractivity (Wildman–Crippen MR) is 91.6 cm³/mol. The second kappa shape index (κ2) is 6.41. The number of rotatable bonds is 4. The number of aromatic hydroxyl groups is 1. The normalized spacial score (nSPS) is 11.0. The number of nitrogens with one attached hydrogen (secondary N) is 1. The van der Waals surface area contributed by atoms with Crippen molar-refractivity contribution in [2.24, 2.45) is 5.10 Å². The molecule has 110 valence electrons. The molecule has 1 aromatic heterocycles. The summed E-state index contributed by atoms with van der Waals surface area (Å²) in [5.74, 6) is 0.267. The van der Waals surface area contributed by atoms with E-state index in [1.807, 2.05) is 49.4 Å². The number of thiazole rings is 1. The standard InChI is InChI=1S/C17H15N3OS/c1-12-7-8-14(15(21)9-12)16-11-18-17(22-16)20-19-10-13-5-3-2-4-6-13/h2-11,21H,1H3,(H,18,20)/b19-10+. The lowest BCUT2D eigenvalue weighted by Crippen LogP contribution is -1.88. The van der Waals surface area contributed by atoms with Gasteiger partial charge in [-0.05, 0) is 30.2 Å². The van der Waals surface area contributed by atoms with Crippen LogP contribution in [0.2, 0.25) is 0 Å². The second-order valence-electron chi connectivity index (χ2n) is 4.83. The average molecular weight is 309 g/mol. The Bertz CT molecular complexity index is 797. The quantitative estimate of drug-likeness (QED) is 0.559. The van der Waals surface area contributed by atoms with Crippen LogP contribution in [0.5, 0.6) is 5.75 Å². The molecule has 2 aromatic carbocycles. The molecule has 0 aliphatic rings. The zero-order valence-corrected chi connectivity index (χ0v) is 12.8. The van der Waals surface area contributed by atoms with Crippen LogP contribution in [0.4, 0.5) is 5.13 Å². The Morgan fingerprint density at radius 1 is 1.18 bits per heavy atom. The molecule has 1 heterocycles. The summed E-state index contributed by atoms with van der Waals surface area (Å²) >= 11 is 1.45. The molecule has 0 radical (unpaired) electrons. The van der Waals surface area contributed by atoms with E-state index in [-0.39, 0.29) is 5.75 Å². The van der Waals surface area contributed by atoms with Crippen LogP contribution in [0.3, 0.4) is 0 Å². The number of hydrogen-bond acceptors (Lipinski definition) is 5. The monoisotopic (exact) mass is 309 g/mol. The van der Waals surface area contributed by atoms with E-state index < -0.39 is 0 Å². The first-order valence-corrected chi connectivity index (χ1v) is 7.64. The van der Waals surface area contributed by atoms with Gasteiger partial charge in [-0.1, -0.05) is 47.7 Å². The van der Waals surface area contributed by atoms with Crippen LogP contribution >= 0.6 is 11.3 Å². The molecule has 4 nitrogen and oxygen atoms in total. The highest BCUT2D eigenvalue weighted by Gasteiger charge is 2.08. The molecular weight excluding hydrogens is 294 g/mol. The minimum atomic E-state index is 0.267. The Hall–Kier alpha value is -2.66. The highest BCUT2D eigenvalue weighted by molar-refractivity contribution is 7.18. The van der Waals surface area contributed by atoms with Crippen LogP contribution in [-0.4, -0.2) is 16.3 Å². The average Bonchev–Trinajstić information content (AvgIpc) is 2.97. The van der Waals surface area contributed by atoms with Crippen LogP contribution in [-0.2, 0) is 0 Å². The Kier molecular flexibility index (Phi) is 4.16. The SMILES string of the molecule is Cc1ccc(-c2cnc(N/N=C/c3ccccc3)s2)c(O)c1. The number of phenolic OH excluding ortho intramolecular Hbond substituents is 1. The van der Waals surface area contributed by atoms with Crippen molar-refractivity contribution in [3.63, 3.8) is 0 Å². The number of hydrazone groups is 1. The number of nitrogens with zero attached hydrogens (tertiary/aromatic N) is 2. The van der Waals surface area contributed by atoms with Gasteiger partial charge in [0.25, 0.3) is 0 Å². The molecule has 0 aliphatic heterocycles. The third-order valence-electron chi connectivity index (χ3n) is 3.10. The van der Waals surface area contributed by atoms with Crippen molar-refractivity contribution in [1.29, 1.82) is 0 Å². The summed E-state index contributed by atoms with van der Waals surface area (Å²) in [5, 5.41) is 14.9. The largest absolute Gasteiger partial charge is 0.507 e. The Balaban J connectivity index is 1.73. The fourth-order valence-electron chi connectivity index (χ4n) is 2.00. The maximum Gasteiger partial charge on any atom is 0.203 e. The van der Waals surface area contributed by atoms with Gasteiger partial charge in [-0.15, -0.1) is 0 Å². The molecule has 3 aromatic rings. The number of hydrogen-bond donors (Lipinski definition) is 2. The first kappa shape index (κ1) is 14.3. The number of aromatic nitrogens is 1. The fourth-order valence-corrected chi connectivity index (χ4v) is 2.80. The van der Waals surface area contributed by atoms with Gasteiger partial charge >= 0.3 is 0 Å². The topological polar surface area (TPSA) is 57.5 Å². The van der Waals surface area contributed by atoms with Gasteiger partial charge in [0.2, 0.25) is 5.13 Å². The highest BCUT2D eigenvalue weighted by atomic mass is 32.1. The Morgan fingerprint density at radius 3 is 2.77 bits per heavy atom. The lowest BCUT2D eigenvalue weighted by atomic mass is 10.1. The molecule has 0 fully saturated rings. The number of aryl methyl sites for hydroxylation is 1. The molecule has 0 bridgehead atoms. The van der Waals surface area contributed by atoms with Gasteiger partial charge in [-0.2, -0.15) is 5.10 Å². The zero-order chi connectivity index (χ0) is 15.4. The van der Waals surface area contributed by atoms with E-state index >= 15 is 0 Å². The zero-order valence-electron chi connectivity index (χ0n) is 12.0. The summed E-state index contributed by atoms with van der Waals surface area (Å²) in [6.45, 7) is 1.95. The van der Waals surface area contributed by atoms with Gasteiger partial charge in [0, 0.05) is 11.8 Å². The van der Waals surface area contributed by atoms with Crippen molar-refractivity contribution in [2.45, 2.75) is 6.92 Å². The van der Waals surface area contributed by atoms with Gasteiger partial charge in [0.1, 0.15) is 5.75 Å². The molecule has 22 heavy (non-hydrogen) atoms. The van der Waals surface area contributed by atoms with E-state index in [1.165, 1.54) is 11.3 Å². The van der Waals surface area contributed by atoms with Gasteiger partial charge in [0.05, 0.1) is 11.1 Å². The van der Waals surface area contributed by atoms with E-state index in [0.29, 0.717) is 5.13 Å².